The second-order valence-corrected chi connectivity index (χ2v) is 4.54. The van der Waals surface area contributed by atoms with Crippen molar-refractivity contribution >= 4 is 5.78 Å². The maximum atomic E-state index is 11.7. The van der Waals surface area contributed by atoms with Crippen LogP contribution in [0, 0.1) is 13.8 Å². The molecule has 0 bridgehead atoms. The van der Waals surface area contributed by atoms with Crippen LogP contribution in [-0.4, -0.2) is 11.9 Å². The van der Waals surface area contributed by atoms with E-state index in [-0.39, 0.29) is 11.9 Å². The van der Waals surface area contributed by atoms with E-state index in [1.54, 1.807) is 0 Å². The minimum absolute atomic E-state index is 0.214. The van der Waals surface area contributed by atoms with E-state index in [1.807, 2.05) is 32.0 Å². The normalized spacial score (nSPS) is 20.9. The third-order valence-electron chi connectivity index (χ3n) is 3.17. The fourth-order valence-electron chi connectivity index (χ4n) is 2.20. The van der Waals surface area contributed by atoms with Gasteiger partial charge in [0.1, 0.15) is 5.75 Å². The van der Waals surface area contributed by atoms with Gasteiger partial charge in [0.2, 0.25) is 0 Å². The highest BCUT2D eigenvalue weighted by molar-refractivity contribution is 5.84. The summed E-state index contributed by atoms with van der Waals surface area (Å²) in [4.78, 5) is 11.7. The lowest BCUT2D eigenvalue weighted by Gasteiger charge is -2.23. The van der Waals surface area contributed by atoms with E-state index in [0.717, 1.165) is 36.1 Å². The SMILES string of the molecule is Cc1cccc(C)c1OC1CCCCC1=O. The minimum atomic E-state index is -0.214. The van der Waals surface area contributed by atoms with Crippen LogP contribution in [0.15, 0.2) is 18.2 Å². The van der Waals surface area contributed by atoms with Gasteiger partial charge in [-0.05, 0) is 44.2 Å². The Labute approximate surface area is 96.6 Å². The molecule has 1 aliphatic rings. The van der Waals surface area contributed by atoms with Crippen molar-refractivity contribution in [3.05, 3.63) is 29.3 Å². The summed E-state index contributed by atoms with van der Waals surface area (Å²) < 4.78 is 5.88. The first-order chi connectivity index (χ1) is 7.68. The molecule has 0 spiro atoms. The zero-order chi connectivity index (χ0) is 11.5. The summed E-state index contributed by atoms with van der Waals surface area (Å²) in [5.41, 5.74) is 2.22. The third kappa shape index (κ3) is 2.26. The summed E-state index contributed by atoms with van der Waals surface area (Å²) >= 11 is 0. The maximum Gasteiger partial charge on any atom is 0.173 e. The van der Waals surface area contributed by atoms with Gasteiger partial charge in [-0.2, -0.15) is 0 Å². The minimum Gasteiger partial charge on any atom is -0.482 e. The second-order valence-electron chi connectivity index (χ2n) is 4.54. The molecule has 1 unspecified atom stereocenters. The van der Waals surface area contributed by atoms with Gasteiger partial charge >= 0.3 is 0 Å². The topological polar surface area (TPSA) is 26.3 Å². The Kier molecular flexibility index (Phi) is 3.28. The van der Waals surface area contributed by atoms with Crippen LogP contribution in [0.3, 0.4) is 0 Å². The summed E-state index contributed by atoms with van der Waals surface area (Å²) in [6.07, 6.45) is 3.45. The first kappa shape index (κ1) is 11.2. The molecule has 0 heterocycles. The first-order valence-corrected chi connectivity index (χ1v) is 5.94. The number of carbonyl (C=O) groups excluding carboxylic acids is 1. The van der Waals surface area contributed by atoms with Crippen LogP contribution in [0.1, 0.15) is 36.8 Å². The Bertz CT molecular complexity index is 375. The van der Waals surface area contributed by atoms with Gasteiger partial charge in [-0.1, -0.05) is 18.2 Å². The Balaban J connectivity index is 2.16. The number of para-hydroxylation sites is 1. The number of carbonyl (C=O) groups is 1. The number of benzene rings is 1. The zero-order valence-electron chi connectivity index (χ0n) is 9.95. The molecule has 0 amide bonds. The fraction of sp³-hybridized carbons (Fsp3) is 0.500. The van der Waals surface area contributed by atoms with Crippen LogP contribution in [0.5, 0.6) is 5.75 Å². The molecule has 1 saturated carbocycles. The Morgan fingerprint density at radius 2 is 1.88 bits per heavy atom. The molecule has 0 aromatic heterocycles. The van der Waals surface area contributed by atoms with Crippen molar-refractivity contribution in [1.82, 2.24) is 0 Å². The van der Waals surface area contributed by atoms with Crippen LogP contribution >= 0.6 is 0 Å². The lowest BCUT2D eigenvalue weighted by molar-refractivity contribution is -0.127. The number of hydrogen-bond acceptors (Lipinski definition) is 2. The highest BCUT2D eigenvalue weighted by Crippen LogP contribution is 2.27. The van der Waals surface area contributed by atoms with Crippen molar-refractivity contribution in [1.29, 1.82) is 0 Å². The number of ketones is 1. The summed E-state index contributed by atoms with van der Waals surface area (Å²) in [5.74, 6) is 1.15. The van der Waals surface area contributed by atoms with Gasteiger partial charge in [0.15, 0.2) is 11.9 Å². The lowest BCUT2D eigenvalue weighted by atomic mass is 9.96. The van der Waals surface area contributed by atoms with Gasteiger partial charge in [-0.3, -0.25) is 4.79 Å². The van der Waals surface area contributed by atoms with Crippen molar-refractivity contribution < 1.29 is 9.53 Å². The number of hydrogen-bond donors (Lipinski definition) is 0. The summed E-state index contributed by atoms with van der Waals surface area (Å²) in [6.45, 7) is 4.05. The lowest BCUT2D eigenvalue weighted by Crippen LogP contribution is -2.30. The quantitative estimate of drug-likeness (QED) is 0.762. The molecular weight excluding hydrogens is 200 g/mol. The monoisotopic (exact) mass is 218 g/mol. The first-order valence-electron chi connectivity index (χ1n) is 5.94. The highest BCUT2D eigenvalue weighted by atomic mass is 16.5. The zero-order valence-corrected chi connectivity index (χ0v) is 9.95. The van der Waals surface area contributed by atoms with Gasteiger partial charge in [0.05, 0.1) is 0 Å². The Morgan fingerprint density at radius 1 is 1.19 bits per heavy atom. The van der Waals surface area contributed by atoms with Crippen molar-refractivity contribution in [3.8, 4) is 5.75 Å². The van der Waals surface area contributed by atoms with E-state index >= 15 is 0 Å². The van der Waals surface area contributed by atoms with Crippen LogP contribution in [0.25, 0.3) is 0 Å². The summed E-state index contributed by atoms with van der Waals surface area (Å²) in [7, 11) is 0. The van der Waals surface area contributed by atoms with Crippen molar-refractivity contribution in [2.75, 3.05) is 0 Å². The molecule has 1 aromatic carbocycles. The van der Waals surface area contributed by atoms with Gasteiger partial charge in [0, 0.05) is 6.42 Å². The van der Waals surface area contributed by atoms with Gasteiger partial charge in [0.25, 0.3) is 0 Å². The van der Waals surface area contributed by atoms with Gasteiger partial charge in [-0.15, -0.1) is 0 Å². The van der Waals surface area contributed by atoms with E-state index in [2.05, 4.69) is 0 Å². The van der Waals surface area contributed by atoms with Crippen LogP contribution in [0.2, 0.25) is 0 Å². The Morgan fingerprint density at radius 3 is 2.50 bits per heavy atom. The smallest absolute Gasteiger partial charge is 0.173 e. The van der Waals surface area contributed by atoms with Crippen molar-refractivity contribution in [2.24, 2.45) is 0 Å². The molecule has 0 saturated heterocycles. The summed E-state index contributed by atoms with van der Waals surface area (Å²) in [5, 5.41) is 0. The summed E-state index contributed by atoms with van der Waals surface area (Å²) in [6, 6.07) is 6.06. The van der Waals surface area contributed by atoms with Crippen LogP contribution in [-0.2, 0) is 4.79 Å². The molecule has 2 nitrogen and oxygen atoms in total. The predicted octanol–water partition coefficient (Wildman–Crippen LogP) is 3.19. The molecule has 0 N–H and O–H groups in total. The van der Waals surface area contributed by atoms with Crippen molar-refractivity contribution in [2.45, 2.75) is 45.6 Å². The van der Waals surface area contributed by atoms with Gasteiger partial charge < -0.3 is 4.74 Å². The van der Waals surface area contributed by atoms with Gasteiger partial charge in [-0.25, -0.2) is 0 Å². The predicted molar refractivity (Wildman–Crippen MR) is 63.8 cm³/mol. The van der Waals surface area contributed by atoms with E-state index in [1.165, 1.54) is 0 Å². The van der Waals surface area contributed by atoms with Crippen LogP contribution in [0.4, 0.5) is 0 Å². The highest BCUT2D eigenvalue weighted by Gasteiger charge is 2.24. The molecule has 2 rings (SSSR count). The van der Waals surface area contributed by atoms with E-state index in [0.29, 0.717) is 6.42 Å². The molecule has 2 heteroatoms. The van der Waals surface area contributed by atoms with E-state index < -0.39 is 0 Å². The maximum absolute atomic E-state index is 11.7. The average molecular weight is 218 g/mol. The molecular formula is C14H18O2. The number of ether oxygens (including phenoxy) is 1. The molecule has 1 fully saturated rings. The molecule has 0 radical (unpaired) electrons. The van der Waals surface area contributed by atoms with Crippen molar-refractivity contribution in [3.63, 3.8) is 0 Å². The molecule has 1 aromatic rings. The average Bonchev–Trinajstić information content (AvgIpc) is 2.26. The Hall–Kier alpha value is -1.31. The number of Topliss-reactive ketones (excluding diaryl/α,β-unsaturated/α-hetero) is 1. The third-order valence-corrected chi connectivity index (χ3v) is 3.17. The largest absolute Gasteiger partial charge is 0.482 e. The van der Waals surface area contributed by atoms with E-state index in [9.17, 15) is 4.79 Å². The number of aryl methyl sites for hydroxylation is 2. The second kappa shape index (κ2) is 4.69. The number of rotatable bonds is 2. The fourth-order valence-corrected chi connectivity index (χ4v) is 2.20. The van der Waals surface area contributed by atoms with E-state index in [4.69, 9.17) is 4.74 Å². The molecule has 0 aliphatic heterocycles. The molecule has 1 aliphatic carbocycles. The van der Waals surface area contributed by atoms with Crippen LogP contribution < -0.4 is 4.74 Å². The molecule has 16 heavy (non-hydrogen) atoms. The molecule has 1 atom stereocenters. The molecule has 86 valence electrons. The standard InChI is InChI=1S/C14H18O2/c1-10-6-5-7-11(2)14(10)16-13-9-4-3-8-12(13)15/h5-7,13H,3-4,8-9H2,1-2H3.